The van der Waals surface area contributed by atoms with E-state index in [9.17, 15) is 8.42 Å². The van der Waals surface area contributed by atoms with Gasteiger partial charge in [0.25, 0.3) is 0 Å². The van der Waals surface area contributed by atoms with Crippen molar-refractivity contribution in [3.8, 4) is 6.07 Å². The highest BCUT2D eigenvalue weighted by atomic mass is 32.2. The lowest BCUT2D eigenvalue weighted by Crippen LogP contribution is -2.39. The van der Waals surface area contributed by atoms with Crippen LogP contribution >= 0.6 is 0 Å². The van der Waals surface area contributed by atoms with Crippen LogP contribution in [0.4, 0.5) is 5.69 Å². The molecule has 0 aliphatic heterocycles. The Morgan fingerprint density at radius 2 is 2.10 bits per heavy atom. The molecule has 1 aromatic rings. The van der Waals surface area contributed by atoms with Gasteiger partial charge in [-0.3, -0.25) is 0 Å². The van der Waals surface area contributed by atoms with Crippen LogP contribution in [-0.4, -0.2) is 24.0 Å². The van der Waals surface area contributed by atoms with E-state index < -0.39 is 15.3 Å². The third-order valence-corrected chi connectivity index (χ3v) is 5.78. The van der Waals surface area contributed by atoms with Gasteiger partial charge in [0.15, 0.2) is 5.25 Å². The third kappa shape index (κ3) is 2.94. The van der Waals surface area contributed by atoms with Gasteiger partial charge >= 0.3 is 0 Å². The normalized spacial score (nSPS) is 16.9. The summed E-state index contributed by atoms with van der Waals surface area (Å²) in [4.78, 5) is 0. The molecule has 1 unspecified atom stereocenters. The fraction of sp³-hybridized carbons (Fsp3) is 0.500. The Kier molecular flexibility index (Phi) is 4.31. The Labute approximate surface area is 120 Å². The van der Waals surface area contributed by atoms with Crippen molar-refractivity contribution in [1.29, 1.82) is 5.26 Å². The lowest BCUT2D eigenvalue weighted by atomic mass is 10.2. The number of hydrogen-bond acceptors (Lipinski definition) is 4. The molecule has 1 aromatic carbocycles. The molecule has 2 N–H and O–H groups in total. The fourth-order valence-electron chi connectivity index (χ4n) is 2.17. The first-order valence-electron chi connectivity index (χ1n) is 6.74. The Morgan fingerprint density at radius 1 is 1.45 bits per heavy atom. The van der Waals surface area contributed by atoms with Gasteiger partial charge < -0.3 is 5.73 Å². The van der Waals surface area contributed by atoms with Gasteiger partial charge in [0, 0.05) is 18.3 Å². The highest BCUT2D eigenvalue weighted by molar-refractivity contribution is 7.90. The topological polar surface area (TPSA) is 87.2 Å². The Bertz CT molecular complexity index is 618. The molecule has 0 bridgehead atoms. The van der Waals surface area contributed by atoms with Gasteiger partial charge in [-0.15, -0.1) is 0 Å². The molecule has 1 saturated carbocycles. The SMILES string of the molecule is CCC(C#N)S(=O)(=O)N(Cc1ccccc1N)C1CC1. The Hall–Kier alpha value is -1.58. The summed E-state index contributed by atoms with van der Waals surface area (Å²) in [5.41, 5.74) is 7.26. The number of nitrogens with two attached hydrogens (primary N) is 1. The largest absolute Gasteiger partial charge is 0.398 e. The summed E-state index contributed by atoms with van der Waals surface area (Å²) in [5, 5.41) is 8.07. The summed E-state index contributed by atoms with van der Waals surface area (Å²) < 4.78 is 26.6. The van der Waals surface area contributed by atoms with Crippen molar-refractivity contribution in [3.63, 3.8) is 0 Å². The summed E-state index contributed by atoms with van der Waals surface area (Å²) >= 11 is 0. The molecule has 108 valence electrons. The quantitative estimate of drug-likeness (QED) is 0.811. The maximum atomic E-state index is 12.6. The smallest absolute Gasteiger partial charge is 0.231 e. The summed E-state index contributed by atoms with van der Waals surface area (Å²) in [5.74, 6) is 0. The van der Waals surface area contributed by atoms with Crippen LogP contribution in [0.15, 0.2) is 24.3 Å². The van der Waals surface area contributed by atoms with E-state index in [-0.39, 0.29) is 12.6 Å². The number of rotatable bonds is 6. The summed E-state index contributed by atoms with van der Waals surface area (Å²) in [6.45, 7) is 1.96. The van der Waals surface area contributed by atoms with Crippen LogP contribution in [0.5, 0.6) is 0 Å². The minimum Gasteiger partial charge on any atom is -0.398 e. The van der Waals surface area contributed by atoms with Gasteiger partial charge in [0.1, 0.15) is 0 Å². The molecule has 0 amide bonds. The van der Waals surface area contributed by atoms with Crippen molar-refractivity contribution >= 4 is 15.7 Å². The van der Waals surface area contributed by atoms with Crippen molar-refractivity contribution < 1.29 is 8.42 Å². The molecule has 0 spiro atoms. The molecule has 20 heavy (non-hydrogen) atoms. The highest BCUT2D eigenvalue weighted by Gasteiger charge is 2.41. The molecule has 0 radical (unpaired) electrons. The predicted molar refractivity (Wildman–Crippen MR) is 78.0 cm³/mol. The monoisotopic (exact) mass is 293 g/mol. The van der Waals surface area contributed by atoms with E-state index in [1.807, 2.05) is 24.3 Å². The molecule has 0 heterocycles. The van der Waals surface area contributed by atoms with Crippen LogP contribution in [0.2, 0.25) is 0 Å². The number of nitriles is 1. The number of nitrogen functional groups attached to an aromatic ring is 1. The van der Waals surface area contributed by atoms with E-state index >= 15 is 0 Å². The second kappa shape index (κ2) is 5.81. The maximum absolute atomic E-state index is 12.6. The van der Waals surface area contributed by atoms with Crippen molar-refractivity contribution in [1.82, 2.24) is 4.31 Å². The first-order chi connectivity index (χ1) is 9.50. The van der Waals surface area contributed by atoms with E-state index in [1.165, 1.54) is 4.31 Å². The van der Waals surface area contributed by atoms with Crippen LogP contribution in [-0.2, 0) is 16.6 Å². The standard InChI is InChI=1S/C14H19N3O2S/c1-2-13(9-15)20(18,19)17(12-7-8-12)10-11-5-3-4-6-14(11)16/h3-6,12-13H,2,7-8,10,16H2,1H3. The maximum Gasteiger partial charge on any atom is 0.231 e. The van der Waals surface area contributed by atoms with Crippen molar-refractivity contribution in [2.24, 2.45) is 0 Å². The molecule has 2 rings (SSSR count). The Morgan fingerprint density at radius 3 is 2.60 bits per heavy atom. The summed E-state index contributed by atoms with van der Waals surface area (Å²) in [6.07, 6.45) is 2.01. The van der Waals surface area contributed by atoms with Gasteiger partial charge in [-0.2, -0.15) is 9.57 Å². The average molecular weight is 293 g/mol. The minimum atomic E-state index is -3.60. The molecule has 1 fully saturated rings. The lowest BCUT2D eigenvalue weighted by molar-refractivity contribution is 0.395. The number of para-hydroxylation sites is 1. The summed E-state index contributed by atoms with van der Waals surface area (Å²) in [7, 11) is -3.60. The molecule has 0 saturated heterocycles. The number of nitrogens with zero attached hydrogens (tertiary/aromatic N) is 2. The molecule has 1 atom stereocenters. The third-order valence-electron chi connectivity index (χ3n) is 3.54. The molecule has 6 heteroatoms. The predicted octanol–water partition coefficient (Wildman–Crippen LogP) is 1.87. The zero-order valence-corrected chi connectivity index (χ0v) is 12.3. The van der Waals surface area contributed by atoms with Gasteiger partial charge in [-0.1, -0.05) is 25.1 Å². The molecule has 1 aliphatic carbocycles. The van der Waals surface area contributed by atoms with E-state index in [0.29, 0.717) is 12.1 Å². The Balaban J connectivity index is 2.29. The van der Waals surface area contributed by atoms with Crippen LogP contribution < -0.4 is 5.73 Å². The zero-order valence-electron chi connectivity index (χ0n) is 11.5. The van der Waals surface area contributed by atoms with Crippen molar-refractivity contribution in [3.05, 3.63) is 29.8 Å². The molecule has 5 nitrogen and oxygen atoms in total. The summed E-state index contributed by atoms with van der Waals surface area (Å²) in [6, 6.07) is 9.15. The van der Waals surface area contributed by atoms with Crippen LogP contribution in [0.1, 0.15) is 31.7 Å². The number of sulfonamides is 1. The van der Waals surface area contributed by atoms with E-state index in [0.717, 1.165) is 18.4 Å². The minimum absolute atomic E-state index is 0.0157. The first-order valence-corrected chi connectivity index (χ1v) is 8.24. The van der Waals surface area contributed by atoms with Gasteiger partial charge in [-0.05, 0) is 30.9 Å². The van der Waals surface area contributed by atoms with Gasteiger partial charge in [0.05, 0.1) is 6.07 Å². The first kappa shape index (κ1) is 14.8. The van der Waals surface area contributed by atoms with E-state index in [1.54, 1.807) is 13.0 Å². The fourth-order valence-corrected chi connectivity index (χ4v) is 3.99. The molecule has 1 aliphatic rings. The zero-order chi connectivity index (χ0) is 14.8. The van der Waals surface area contributed by atoms with Gasteiger partial charge in [0.2, 0.25) is 10.0 Å². The number of hydrogen-bond donors (Lipinski definition) is 1. The highest BCUT2D eigenvalue weighted by Crippen LogP contribution is 2.33. The second-order valence-electron chi connectivity index (χ2n) is 5.05. The van der Waals surface area contributed by atoms with Crippen LogP contribution in [0, 0.1) is 11.3 Å². The van der Waals surface area contributed by atoms with Crippen molar-refractivity contribution in [2.45, 2.75) is 44.0 Å². The van der Waals surface area contributed by atoms with Crippen LogP contribution in [0.25, 0.3) is 0 Å². The lowest BCUT2D eigenvalue weighted by Gasteiger charge is -2.24. The number of anilines is 1. The van der Waals surface area contributed by atoms with Crippen molar-refractivity contribution in [2.75, 3.05) is 5.73 Å². The molecule has 0 aromatic heterocycles. The molecular formula is C14H19N3O2S. The second-order valence-corrected chi connectivity index (χ2v) is 7.11. The van der Waals surface area contributed by atoms with Gasteiger partial charge in [-0.25, -0.2) is 8.42 Å². The van der Waals surface area contributed by atoms with Crippen LogP contribution in [0.3, 0.4) is 0 Å². The number of benzene rings is 1. The average Bonchev–Trinajstić information content (AvgIpc) is 3.23. The molecular weight excluding hydrogens is 274 g/mol. The van der Waals surface area contributed by atoms with E-state index in [2.05, 4.69) is 0 Å². The van der Waals surface area contributed by atoms with E-state index in [4.69, 9.17) is 11.0 Å².